The predicted molar refractivity (Wildman–Crippen MR) is 57.2 cm³/mol. The fourth-order valence-electron chi connectivity index (χ4n) is 0.865. The lowest BCUT2D eigenvalue weighted by molar-refractivity contribution is 0.621. The van der Waals surface area contributed by atoms with Crippen molar-refractivity contribution >= 4 is 33.6 Å². The highest BCUT2D eigenvalue weighted by atomic mass is 79.9. The number of hydrogen-bond acceptors (Lipinski definition) is 1. The van der Waals surface area contributed by atoms with Crippen LogP contribution < -0.4 is 5.73 Å². The molecule has 0 aromatic heterocycles. The molecule has 0 heterocycles. The van der Waals surface area contributed by atoms with E-state index in [1.807, 2.05) is 0 Å². The van der Waals surface area contributed by atoms with Crippen molar-refractivity contribution in [3.05, 3.63) is 39.1 Å². The molecule has 0 saturated carbocycles. The van der Waals surface area contributed by atoms with Crippen LogP contribution in [-0.2, 0) is 0 Å². The van der Waals surface area contributed by atoms with Crippen molar-refractivity contribution in [2.75, 3.05) is 6.54 Å². The minimum atomic E-state index is -0.444. The van der Waals surface area contributed by atoms with E-state index in [1.165, 1.54) is 6.07 Å². The zero-order valence-electron chi connectivity index (χ0n) is 6.73. The van der Waals surface area contributed by atoms with Gasteiger partial charge < -0.3 is 5.73 Å². The van der Waals surface area contributed by atoms with Crippen molar-refractivity contribution < 1.29 is 4.39 Å². The van der Waals surface area contributed by atoms with E-state index in [2.05, 4.69) is 15.9 Å². The first-order valence-electron chi connectivity index (χ1n) is 3.67. The third-order valence-corrected chi connectivity index (χ3v) is 2.60. The van der Waals surface area contributed by atoms with Crippen molar-refractivity contribution in [1.82, 2.24) is 0 Å². The third-order valence-electron chi connectivity index (χ3n) is 1.50. The lowest BCUT2D eigenvalue weighted by Crippen LogP contribution is -1.92. The fraction of sp³-hybridized carbons (Fsp3) is 0.111. The monoisotopic (exact) mass is 263 g/mol. The first-order valence-corrected chi connectivity index (χ1v) is 4.84. The Labute approximate surface area is 89.5 Å². The van der Waals surface area contributed by atoms with Crippen molar-refractivity contribution in [1.29, 1.82) is 0 Å². The van der Waals surface area contributed by atoms with Crippen LogP contribution in [0.1, 0.15) is 5.56 Å². The first-order chi connectivity index (χ1) is 6.16. The Kier molecular flexibility index (Phi) is 3.90. The molecule has 0 radical (unpaired) electrons. The van der Waals surface area contributed by atoms with E-state index in [0.717, 1.165) is 5.56 Å². The smallest absolute Gasteiger partial charge is 0.156 e. The molecule has 0 atom stereocenters. The summed E-state index contributed by atoms with van der Waals surface area (Å²) in [6, 6.07) is 3.24. The van der Waals surface area contributed by atoms with Gasteiger partial charge in [-0.05, 0) is 27.6 Å². The molecule has 0 aliphatic carbocycles. The zero-order valence-corrected chi connectivity index (χ0v) is 9.07. The highest BCUT2D eigenvalue weighted by molar-refractivity contribution is 9.10. The number of nitrogens with two attached hydrogens (primary N) is 1. The summed E-state index contributed by atoms with van der Waals surface area (Å²) in [4.78, 5) is 0. The Balaban J connectivity index is 3.11. The summed E-state index contributed by atoms with van der Waals surface area (Å²) in [6.07, 6.45) is 3.48. The van der Waals surface area contributed by atoms with Gasteiger partial charge in [0, 0.05) is 6.54 Å². The third kappa shape index (κ3) is 2.53. The molecule has 0 bridgehead atoms. The molecule has 4 heteroatoms. The highest BCUT2D eigenvalue weighted by Gasteiger charge is 2.06. The average molecular weight is 265 g/mol. The molecule has 1 rings (SSSR count). The summed E-state index contributed by atoms with van der Waals surface area (Å²) < 4.78 is 13.5. The Morgan fingerprint density at radius 3 is 2.85 bits per heavy atom. The number of halogens is 3. The van der Waals surface area contributed by atoms with Crippen LogP contribution >= 0.6 is 27.5 Å². The van der Waals surface area contributed by atoms with Crippen LogP contribution in [-0.4, -0.2) is 6.54 Å². The average Bonchev–Trinajstić information content (AvgIpc) is 2.13. The van der Waals surface area contributed by atoms with Gasteiger partial charge in [-0.25, -0.2) is 4.39 Å². The normalized spacial score (nSPS) is 11.1. The Morgan fingerprint density at radius 2 is 2.23 bits per heavy atom. The van der Waals surface area contributed by atoms with E-state index < -0.39 is 5.82 Å². The van der Waals surface area contributed by atoms with Gasteiger partial charge in [-0.1, -0.05) is 29.8 Å². The lowest BCUT2D eigenvalue weighted by Gasteiger charge is -2.01. The van der Waals surface area contributed by atoms with Crippen LogP contribution in [0.4, 0.5) is 4.39 Å². The van der Waals surface area contributed by atoms with E-state index in [9.17, 15) is 4.39 Å². The van der Waals surface area contributed by atoms with Crippen LogP contribution in [0.25, 0.3) is 6.08 Å². The van der Waals surface area contributed by atoms with E-state index in [-0.39, 0.29) is 5.02 Å². The summed E-state index contributed by atoms with van der Waals surface area (Å²) in [5.74, 6) is -0.444. The molecular formula is C9H8BrClFN. The summed E-state index contributed by atoms with van der Waals surface area (Å²) >= 11 is 8.68. The molecule has 70 valence electrons. The van der Waals surface area contributed by atoms with Crippen molar-refractivity contribution in [2.24, 2.45) is 5.73 Å². The summed E-state index contributed by atoms with van der Waals surface area (Å²) in [6.45, 7) is 0.427. The van der Waals surface area contributed by atoms with Gasteiger partial charge in [-0.15, -0.1) is 0 Å². The van der Waals surface area contributed by atoms with Gasteiger partial charge in [-0.3, -0.25) is 0 Å². The lowest BCUT2D eigenvalue weighted by atomic mass is 10.2. The molecular weight excluding hydrogens is 256 g/mol. The molecule has 2 N–H and O–H groups in total. The number of benzene rings is 1. The van der Waals surface area contributed by atoms with Crippen molar-refractivity contribution in [3.63, 3.8) is 0 Å². The maximum Gasteiger partial charge on any atom is 0.156 e. The van der Waals surface area contributed by atoms with Crippen LogP contribution in [0.5, 0.6) is 0 Å². The molecule has 0 amide bonds. The second kappa shape index (κ2) is 4.74. The largest absolute Gasteiger partial charge is 0.327 e. The van der Waals surface area contributed by atoms with E-state index >= 15 is 0 Å². The molecule has 1 aromatic rings. The predicted octanol–water partition coefficient (Wildman–Crippen LogP) is 3.21. The van der Waals surface area contributed by atoms with E-state index in [1.54, 1.807) is 18.2 Å². The molecule has 13 heavy (non-hydrogen) atoms. The van der Waals surface area contributed by atoms with Gasteiger partial charge in [0.25, 0.3) is 0 Å². The molecule has 1 aromatic carbocycles. The molecule has 0 aliphatic rings. The molecule has 0 aliphatic heterocycles. The van der Waals surface area contributed by atoms with Crippen molar-refractivity contribution in [2.45, 2.75) is 0 Å². The maximum absolute atomic E-state index is 13.2. The van der Waals surface area contributed by atoms with E-state index in [4.69, 9.17) is 17.3 Å². The minimum Gasteiger partial charge on any atom is -0.327 e. The van der Waals surface area contributed by atoms with Crippen LogP contribution in [0.2, 0.25) is 5.02 Å². The van der Waals surface area contributed by atoms with Gasteiger partial charge in [0.15, 0.2) is 5.82 Å². The van der Waals surface area contributed by atoms with Crippen LogP contribution in [0.15, 0.2) is 22.7 Å². The standard InChI is InChI=1S/C9H8BrClFN/c10-8-6(2-1-5-13)3-4-7(11)9(8)12/h1-4H,5,13H2/b2-1+. The first kappa shape index (κ1) is 10.7. The van der Waals surface area contributed by atoms with Crippen molar-refractivity contribution in [3.8, 4) is 0 Å². The molecule has 0 fully saturated rings. The van der Waals surface area contributed by atoms with E-state index in [0.29, 0.717) is 11.0 Å². The molecule has 1 nitrogen and oxygen atoms in total. The Bertz CT molecular complexity index is 339. The minimum absolute atomic E-state index is 0.108. The van der Waals surface area contributed by atoms with Gasteiger partial charge in [0.2, 0.25) is 0 Å². The number of hydrogen-bond donors (Lipinski definition) is 1. The summed E-state index contributed by atoms with van der Waals surface area (Å²) in [5, 5.41) is 0.108. The fourth-order valence-corrected chi connectivity index (χ4v) is 1.61. The van der Waals surface area contributed by atoms with Gasteiger partial charge in [0.1, 0.15) is 0 Å². The number of rotatable bonds is 2. The SMILES string of the molecule is NC/C=C/c1ccc(Cl)c(F)c1Br. The van der Waals surface area contributed by atoms with Gasteiger partial charge in [-0.2, -0.15) is 0 Å². The second-order valence-electron chi connectivity index (χ2n) is 2.40. The molecule has 0 spiro atoms. The topological polar surface area (TPSA) is 26.0 Å². The molecule has 0 unspecified atom stereocenters. The Morgan fingerprint density at radius 1 is 1.54 bits per heavy atom. The highest BCUT2D eigenvalue weighted by Crippen LogP contribution is 2.27. The second-order valence-corrected chi connectivity index (χ2v) is 3.60. The zero-order chi connectivity index (χ0) is 9.84. The van der Waals surface area contributed by atoms with Gasteiger partial charge in [0.05, 0.1) is 9.50 Å². The van der Waals surface area contributed by atoms with Gasteiger partial charge >= 0.3 is 0 Å². The van der Waals surface area contributed by atoms with Crippen LogP contribution in [0, 0.1) is 5.82 Å². The summed E-state index contributed by atoms with van der Waals surface area (Å²) in [5.41, 5.74) is 6.00. The quantitative estimate of drug-likeness (QED) is 0.816. The maximum atomic E-state index is 13.2. The Hall–Kier alpha value is -0.380. The summed E-state index contributed by atoms with van der Waals surface area (Å²) in [7, 11) is 0. The molecule has 0 saturated heterocycles. The van der Waals surface area contributed by atoms with Crippen LogP contribution in [0.3, 0.4) is 0 Å².